The van der Waals surface area contributed by atoms with E-state index in [9.17, 15) is 4.79 Å². The highest BCUT2D eigenvalue weighted by atomic mass is 16.5. The molecule has 2 N–H and O–H groups in total. The van der Waals surface area contributed by atoms with Gasteiger partial charge in [-0.3, -0.25) is 9.69 Å². The van der Waals surface area contributed by atoms with E-state index in [-0.39, 0.29) is 5.91 Å². The first kappa shape index (κ1) is 17.4. The fraction of sp³-hybridized carbons (Fsp3) is 0.933. The van der Waals surface area contributed by atoms with Gasteiger partial charge in [0.05, 0.1) is 6.10 Å². The number of carbonyl (C=O) groups is 1. The number of carbonyl (C=O) groups excluding carboxylic acids is 1. The summed E-state index contributed by atoms with van der Waals surface area (Å²) in [7, 11) is 1.77. The molecule has 20 heavy (non-hydrogen) atoms. The molecule has 0 spiro atoms. The van der Waals surface area contributed by atoms with Crippen LogP contribution < -0.4 is 5.73 Å². The van der Waals surface area contributed by atoms with Gasteiger partial charge in [-0.15, -0.1) is 0 Å². The number of amides is 1. The molecule has 0 aliphatic carbocycles. The van der Waals surface area contributed by atoms with Gasteiger partial charge in [0.25, 0.3) is 0 Å². The van der Waals surface area contributed by atoms with E-state index in [2.05, 4.69) is 4.90 Å². The van der Waals surface area contributed by atoms with Crippen LogP contribution >= 0.6 is 0 Å². The van der Waals surface area contributed by atoms with Crippen LogP contribution in [0.1, 0.15) is 39.5 Å². The summed E-state index contributed by atoms with van der Waals surface area (Å²) in [6.07, 6.45) is 3.98. The van der Waals surface area contributed by atoms with Gasteiger partial charge in [0.1, 0.15) is 0 Å². The highest BCUT2D eigenvalue weighted by Crippen LogP contribution is 2.19. The van der Waals surface area contributed by atoms with Crippen molar-refractivity contribution in [3.05, 3.63) is 0 Å². The van der Waals surface area contributed by atoms with Gasteiger partial charge in [0, 0.05) is 45.8 Å². The quantitative estimate of drug-likeness (QED) is 0.725. The molecule has 0 radical (unpaired) electrons. The van der Waals surface area contributed by atoms with E-state index in [0.29, 0.717) is 25.1 Å². The van der Waals surface area contributed by atoms with Crippen LogP contribution in [0.4, 0.5) is 0 Å². The minimum Gasteiger partial charge on any atom is -0.381 e. The molecule has 0 aromatic rings. The first-order chi connectivity index (χ1) is 9.65. The minimum absolute atomic E-state index is 0.270. The maximum Gasteiger partial charge on any atom is 0.222 e. The lowest BCUT2D eigenvalue weighted by Gasteiger charge is -2.38. The first-order valence-corrected chi connectivity index (χ1v) is 7.90. The van der Waals surface area contributed by atoms with Gasteiger partial charge in [0.15, 0.2) is 0 Å². The second-order valence-electron chi connectivity index (χ2n) is 5.48. The number of piperidine rings is 1. The third-order valence-electron chi connectivity index (χ3n) is 4.35. The van der Waals surface area contributed by atoms with E-state index in [4.69, 9.17) is 10.5 Å². The summed E-state index contributed by atoms with van der Waals surface area (Å²) >= 11 is 0. The van der Waals surface area contributed by atoms with E-state index < -0.39 is 0 Å². The monoisotopic (exact) mass is 285 g/mol. The summed E-state index contributed by atoms with van der Waals surface area (Å²) in [6, 6.07) is 0.400. The minimum atomic E-state index is 0.270. The first-order valence-electron chi connectivity index (χ1n) is 7.90. The fourth-order valence-electron chi connectivity index (χ4n) is 2.98. The fourth-order valence-corrected chi connectivity index (χ4v) is 2.98. The van der Waals surface area contributed by atoms with Crippen molar-refractivity contribution in [3.63, 3.8) is 0 Å². The van der Waals surface area contributed by atoms with Gasteiger partial charge < -0.3 is 15.4 Å². The van der Waals surface area contributed by atoms with Gasteiger partial charge in [-0.1, -0.05) is 0 Å². The Bertz CT molecular complexity index is 282. The number of hydrogen-bond acceptors (Lipinski definition) is 4. The van der Waals surface area contributed by atoms with E-state index in [1.807, 2.05) is 18.7 Å². The third-order valence-corrected chi connectivity index (χ3v) is 4.35. The average molecular weight is 285 g/mol. The number of ether oxygens (including phenoxy) is 1. The molecule has 1 amide bonds. The molecule has 2 unspecified atom stereocenters. The third kappa shape index (κ3) is 5.04. The Hall–Kier alpha value is -0.650. The highest BCUT2D eigenvalue weighted by Gasteiger charge is 2.27. The Morgan fingerprint density at radius 3 is 2.65 bits per heavy atom. The Balaban J connectivity index is 2.32. The van der Waals surface area contributed by atoms with Crippen molar-refractivity contribution in [1.29, 1.82) is 0 Å². The molecule has 118 valence electrons. The molecule has 0 saturated carbocycles. The number of nitrogens with zero attached hydrogens (tertiary/aromatic N) is 2. The zero-order chi connectivity index (χ0) is 15.0. The summed E-state index contributed by atoms with van der Waals surface area (Å²) in [5, 5.41) is 0. The maximum absolute atomic E-state index is 12.0. The number of hydrogen-bond donors (Lipinski definition) is 1. The topological polar surface area (TPSA) is 58.8 Å². The summed E-state index contributed by atoms with van der Waals surface area (Å²) in [5.74, 6) is 0.270. The Morgan fingerprint density at radius 2 is 2.10 bits per heavy atom. The van der Waals surface area contributed by atoms with Crippen molar-refractivity contribution in [2.24, 2.45) is 5.73 Å². The molecule has 0 bridgehead atoms. The molecule has 1 fully saturated rings. The van der Waals surface area contributed by atoms with Crippen molar-refractivity contribution in [3.8, 4) is 0 Å². The molecule has 1 heterocycles. The van der Waals surface area contributed by atoms with E-state index in [1.165, 1.54) is 0 Å². The zero-order valence-corrected chi connectivity index (χ0v) is 13.3. The molecule has 1 aliphatic rings. The van der Waals surface area contributed by atoms with Crippen LogP contribution in [0.3, 0.4) is 0 Å². The van der Waals surface area contributed by atoms with Crippen LogP contribution in [0.25, 0.3) is 0 Å². The van der Waals surface area contributed by atoms with Crippen molar-refractivity contribution in [2.75, 3.05) is 39.8 Å². The van der Waals surface area contributed by atoms with Crippen LogP contribution in [0.5, 0.6) is 0 Å². The molecule has 1 saturated heterocycles. The zero-order valence-electron chi connectivity index (χ0n) is 13.3. The molecule has 5 nitrogen and oxygen atoms in total. The van der Waals surface area contributed by atoms with Crippen molar-refractivity contribution in [1.82, 2.24) is 9.80 Å². The van der Waals surface area contributed by atoms with Gasteiger partial charge >= 0.3 is 0 Å². The smallest absolute Gasteiger partial charge is 0.222 e. The second-order valence-corrected chi connectivity index (χ2v) is 5.48. The largest absolute Gasteiger partial charge is 0.381 e. The van der Waals surface area contributed by atoms with E-state index in [0.717, 1.165) is 45.4 Å². The van der Waals surface area contributed by atoms with Gasteiger partial charge in [0.2, 0.25) is 5.91 Å². The van der Waals surface area contributed by atoms with Crippen LogP contribution in [-0.4, -0.2) is 67.7 Å². The molecule has 5 heteroatoms. The lowest BCUT2D eigenvalue weighted by molar-refractivity contribution is -0.131. The normalized spacial score (nSPS) is 23.8. The lowest BCUT2D eigenvalue weighted by Crippen LogP contribution is -2.48. The van der Waals surface area contributed by atoms with Crippen LogP contribution in [0.15, 0.2) is 0 Å². The van der Waals surface area contributed by atoms with Gasteiger partial charge in [-0.2, -0.15) is 0 Å². The van der Waals surface area contributed by atoms with Gasteiger partial charge in [-0.25, -0.2) is 0 Å². The molecule has 0 aromatic carbocycles. The highest BCUT2D eigenvalue weighted by molar-refractivity contribution is 5.76. The summed E-state index contributed by atoms with van der Waals surface area (Å²) in [5.41, 5.74) is 5.86. The van der Waals surface area contributed by atoms with E-state index >= 15 is 0 Å². The van der Waals surface area contributed by atoms with Crippen LogP contribution in [0, 0.1) is 0 Å². The Kier molecular flexibility index (Phi) is 8.11. The Morgan fingerprint density at radius 1 is 1.40 bits per heavy atom. The van der Waals surface area contributed by atoms with Crippen molar-refractivity contribution in [2.45, 2.75) is 51.7 Å². The van der Waals surface area contributed by atoms with Crippen molar-refractivity contribution < 1.29 is 9.53 Å². The second kappa shape index (κ2) is 9.32. The average Bonchev–Trinajstić information content (AvgIpc) is 2.48. The van der Waals surface area contributed by atoms with Crippen molar-refractivity contribution >= 4 is 5.91 Å². The number of nitrogens with two attached hydrogens (primary N) is 1. The summed E-state index contributed by atoms with van der Waals surface area (Å²) < 4.78 is 5.43. The standard InChI is InChI=1S/C15H31N3O2/c1-4-17(5-2)15(19)7-6-9-18-10-8-14(20-3)11-13(18)12-16/h13-14H,4-12,16H2,1-3H3. The number of rotatable bonds is 8. The molecule has 2 atom stereocenters. The molecule has 1 rings (SSSR count). The maximum atomic E-state index is 12.0. The van der Waals surface area contributed by atoms with E-state index in [1.54, 1.807) is 7.11 Å². The number of likely N-dealkylation sites (tertiary alicyclic amines) is 1. The molecular formula is C15H31N3O2. The number of methoxy groups -OCH3 is 1. The molecule has 0 aromatic heterocycles. The predicted molar refractivity (Wildman–Crippen MR) is 81.6 cm³/mol. The Labute approximate surface area is 123 Å². The summed E-state index contributed by atoms with van der Waals surface area (Å²) in [4.78, 5) is 16.3. The SMILES string of the molecule is CCN(CC)C(=O)CCCN1CCC(OC)CC1CN. The predicted octanol–water partition coefficient (Wildman–Crippen LogP) is 1.07. The van der Waals surface area contributed by atoms with Gasteiger partial charge in [-0.05, 0) is 39.7 Å². The molecular weight excluding hydrogens is 254 g/mol. The van der Waals surface area contributed by atoms with Crippen LogP contribution in [0.2, 0.25) is 0 Å². The lowest BCUT2D eigenvalue weighted by atomic mass is 9.99. The van der Waals surface area contributed by atoms with Crippen LogP contribution in [-0.2, 0) is 9.53 Å². The molecule has 1 aliphatic heterocycles. The summed E-state index contributed by atoms with van der Waals surface area (Å²) in [6.45, 7) is 8.33.